The third-order valence-corrected chi connectivity index (χ3v) is 5.24. The summed E-state index contributed by atoms with van der Waals surface area (Å²) in [6, 6.07) is 0. The molecule has 0 aromatic heterocycles. The van der Waals surface area contributed by atoms with E-state index in [9.17, 15) is 0 Å². The fraction of sp³-hybridized carbons (Fsp3) is 0.818. The fourth-order valence-corrected chi connectivity index (χ4v) is 3.15. The van der Waals surface area contributed by atoms with Gasteiger partial charge in [-0.05, 0) is 13.8 Å². The summed E-state index contributed by atoms with van der Waals surface area (Å²) in [5.74, 6) is 10.7. The maximum absolute atomic E-state index is 5.89. The summed E-state index contributed by atoms with van der Waals surface area (Å²) in [5, 5.41) is 0. The second-order valence-corrected chi connectivity index (χ2v) is 7.91. The molecule has 0 radical (unpaired) electrons. The highest BCUT2D eigenvalue weighted by atomic mass is 16.8. The van der Waals surface area contributed by atoms with E-state index in [2.05, 4.69) is 33.5 Å². The van der Waals surface area contributed by atoms with Crippen LogP contribution in [0.2, 0.25) is 0 Å². The molecule has 0 bridgehead atoms. The van der Waals surface area contributed by atoms with E-state index >= 15 is 0 Å². The summed E-state index contributed by atoms with van der Waals surface area (Å²) in [5.41, 5.74) is 0. The van der Waals surface area contributed by atoms with Crippen LogP contribution >= 0.6 is 0 Å². The number of nitrogens with zero attached hydrogens (tertiary/aromatic N) is 2. The third-order valence-electron chi connectivity index (χ3n) is 5.24. The van der Waals surface area contributed by atoms with E-state index < -0.39 is 11.6 Å². The summed E-state index contributed by atoms with van der Waals surface area (Å²) in [6.45, 7) is 13.2. The van der Waals surface area contributed by atoms with Crippen molar-refractivity contribution in [3.8, 4) is 23.7 Å². The molecule has 3 aliphatic rings. The van der Waals surface area contributed by atoms with Gasteiger partial charge in [-0.3, -0.25) is 9.80 Å². The molecule has 0 aliphatic carbocycles. The second kappa shape index (κ2) is 12.0. The molecule has 3 fully saturated rings. The normalized spacial score (nSPS) is 30.7. The highest BCUT2D eigenvalue weighted by molar-refractivity contribution is 5.03. The molecule has 0 N–H and O–H groups in total. The van der Waals surface area contributed by atoms with Crippen LogP contribution in [0.3, 0.4) is 0 Å². The summed E-state index contributed by atoms with van der Waals surface area (Å²) in [4.78, 5) is 4.54. The summed E-state index contributed by atoms with van der Waals surface area (Å²) in [6.07, 6.45) is 0. The standard InChI is InChI=1S/C22H34N2O6/c1-21(27-13-5-3-7-23-9-15-25-16-10-23)19-30-22(2,20-29-21)28-14-6-4-8-24-11-17-26-18-12-24/h7-20H2,1-2H3/t21-,22-/m1/s1. The second-order valence-electron chi connectivity index (χ2n) is 7.91. The van der Waals surface area contributed by atoms with Crippen LogP contribution in [-0.2, 0) is 28.4 Å². The molecule has 3 aliphatic heterocycles. The molecule has 0 spiro atoms. The van der Waals surface area contributed by atoms with Crippen LogP contribution in [0, 0.1) is 23.7 Å². The van der Waals surface area contributed by atoms with Gasteiger partial charge in [0.15, 0.2) is 11.6 Å². The van der Waals surface area contributed by atoms with Gasteiger partial charge in [-0.2, -0.15) is 0 Å². The Morgan fingerprint density at radius 1 is 0.667 bits per heavy atom. The Labute approximate surface area is 180 Å². The van der Waals surface area contributed by atoms with Gasteiger partial charge in [-0.1, -0.05) is 23.7 Å². The van der Waals surface area contributed by atoms with Gasteiger partial charge >= 0.3 is 0 Å². The molecule has 2 atom stereocenters. The minimum absolute atomic E-state index is 0.274. The monoisotopic (exact) mass is 422 g/mol. The number of morpholine rings is 2. The van der Waals surface area contributed by atoms with Crippen molar-refractivity contribution in [2.75, 3.05) is 92.1 Å². The van der Waals surface area contributed by atoms with E-state index in [0.29, 0.717) is 13.2 Å². The fourth-order valence-electron chi connectivity index (χ4n) is 3.15. The molecule has 8 heteroatoms. The third kappa shape index (κ3) is 8.14. The smallest absolute Gasteiger partial charge is 0.190 e. The van der Waals surface area contributed by atoms with Crippen LogP contribution in [0.15, 0.2) is 0 Å². The Morgan fingerprint density at radius 2 is 1.07 bits per heavy atom. The highest BCUT2D eigenvalue weighted by Gasteiger charge is 2.40. The average molecular weight is 423 g/mol. The SMILES string of the molecule is C[C@]1(OCC#CCN2CCOCC2)CO[C@@](C)(OCC#CCN2CCOCC2)CO1. The molecule has 30 heavy (non-hydrogen) atoms. The molecule has 0 unspecified atom stereocenters. The lowest BCUT2D eigenvalue weighted by molar-refractivity contribution is -0.370. The number of hydrogen-bond donors (Lipinski definition) is 0. The van der Waals surface area contributed by atoms with Gasteiger partial charge < -0.3 is 28.4 Å². The molecule has 3 rings (SSSR count). The van der Waals surface area contributed by atoms with Crippen LogP contribution < -0.4 is 0 Å². The molecule has 3 saturated heterocycles. The van der Waals surface area contributed by atoms with Crippen molar-refractivity contribution in [1.82, 2.24) is 9.80 Å². The Morgan fingerprint density at radius 3 is 1.43 bits per heavy atom. The maximum atomic E-state index is 5.89. The summed E-state index contributed by atoms with van der Waals surface area (Å²) in [7, 11) is 0. The number of ether oxygens (including phenoxy) is 6. The van der Waals surface area contributed by atoms with Crippen molar-refractivity contribution >= 4 is 0 Å². The first-order chi connectivity index (χ1) is 14.6. The molecular formula is C22H34N2O6. The quantitative estimate of drug-likeness (QED) is 0.562. The van der Waals surface area contributed by atoms with Crippen molar-refractivity contribution < 1.29 is 28.4 Å². The van der Waals surface area contributed by atoms with Crippen molar-refractivity contribution in [3.63, 3.8) is 0 Å². The molecule has 0 saturated carbocycles. The zero-order valence-electron chi connectivity index (χ0n) is 18.2. The van der Waals surface area contributed by atoms with E-state index in [-0.39, 0.29) is 13.2 Å². The maximum Gasteiger partial charge on any atom is 0.190 e. The minimum Gasteiger partial charge on any atom is -0.379 e. The zero-order valence-corrected chi connectivity index (χ0v) is 18.2. The highest BCUT2D eigenvalue weighted by Crippen LogP contribution is 2.27. The molecule has 0 aromatic carbocycles. The molecule has 8 nitrogen and oxygen atoms in total. The van der Waals surface area contributed by atoms with Crippen molar-refractivity contribution in [2.24, 2.45) is 0 Å². The zero-order chi connectivity index (χ0) is 21.1. The van der Waals surface area contributed by atoms with Gasteiger partial charge in [-0.15, -0.1) is 0 Å². The predicted octanol–water partition coefficient (Wildman–Crippen LogP) is 0.170. The van der Waals surface area contributed by atoms with Crippen molar-refractivity contribution in [3.05, 3.63) is 0 Å². The lowest BCUT2D eigenvalue weighted by Crippen LogP contribution is -2.53. The molecule has 168 valence electrons. The first kappa shape index (κ1) is 23.5. The minimum atomic E-state index is -0.821. The lowest BCUT2D eigenvalue weighted by Gasteiger charge is -2.41. The van der Waals surface area contributed by atoms with E-state index in [4.69, 9.17) is 28.4 Å². The Kier molecular flexibility index (Phi) is 9.38. The Balaban J connectivity index is 1.29. The number of rotatable bonds is 6. The van der Waals surface area contributed by atoms with E-state index in [1.54, 1.807) is 0 Å². The number of hydrogen-bond acceptors (Lipinski definition) is 8. The van der Waals surface area contributed by atoms with Crippen LogP contribution in [0.4, 0.5) is 0 Å². The van der Waals surface area contributed by atoms with Crippen LogP contribution in [0.5, 0.6) is 0 Å². The summed E-state index contributed by atoms with van der Waals surface area (Å²) >= 11 is 0. The predicted molar refractivity (Wildman–Crippen MR) is 111 cm³/mol. The van der Waals surface area contributed by atoms with Gasteiger partial charge in [0.2, 0.25) is 0 Å². The first-order valence-electron chi connectivity index (χ1n) is 10.6. The van der Waals surface area contributed by atoms with Crippen molar-refractivity contribution in [2.45, 2.75) is 25.4 Å². The van der Waals surface area contributed by atoms with E-state index in [0.717, 1.165) is 65.7 Å². The van der Waals surface area contributed by atoms with Crippen LogP contribution in [-0.4, -0.2) is 113 Å². The summed E-state index contributed by atoms with van der Waals surface area (Å²) < 4.78 is 34.0. The Bertz CT molecular complexity index is 573. The van der Waals surface area contributed by atoms with Crippen LogP contribution in [0.1, 0.15) is 13.8 Å². The van der Waals surface area contributed by atoms with E-state index in [1.807, 2.05) is 13.8 Å². The molecular weight excluding hydrogens is 388 g/mol. The molecule has 0 aromatic rings. The first-order valence-corrected chi connectivity index (χ1v) is 10.6. The largest absolute Gasteiger partial charge is 0.379 e. The van der Waals surface area contributed by atoms with E-state index in [1.165, 1.54) is 0 Å². The molecule has 3 heterocycles. The molecule has 0 amide bonds. The van der Waals surface area contributed by atoms with Gasteiger partial charge in [0.25, 0.3) is 0 Å². The van der Waals surface area contributed by atoms with Gasteiger partial charge in [0, 0.05) is 26.2 Å². The van der Waals surface area contributed by atoms with Crippen molar-refractivity contribution in [1.29, 1.82) is 0 Å². The Hall–Kier alpha value is -1.20. The van der Waals surface area contributed by atoms with Gasteiger partial charge in [-0.25, -0.2) is 0 Å². The topological polar surface area (TPSA) is 61.9 Å². The lowest BCUT2D eigenvalue weighted by atomic mass is 10.2. The van der Waals surface area contributed by atoms with Gasteiger partial charge in [0.05, 0.1) is 39.5 Å². The van der Waals surface area contributed by atoms with Gasteiger partial charge in [0.1, 0.15) is 26.4 Å². The average Bonchev–Trinajstić information content (AvgIpc) is 2.77. The van der Waals surface area contributed by atoms with Crippen LogP contribution in [0.25, 0.3) is 0 Å².